The second-order valence-electron chi connectivity index (χ2n) is 4.70. The first-order valence-electron chi connectivity index (χ1n) is 6.01. The molecule has 2 atom stereocenters. The number of ether oxygens (including phenoxy) is 1. The van der Waals surface area contributed by atoms with Crippen LogP contribution in [0.4, 0.5) is 4.39 Å². The third kappa shape index (κ3) is 2.31. The Hall–Kier alpha value is -0.800. The Morgan fingerprint density at radius 3 is 2.30 bits per heavy atom. The number of alkyl halides is 1. The molecule has 0 radical (unpaired) electrons. The van der Waals surface area contributed by atoms with Crippen LogP contribution in [-0.2, 0) is 10.3 Å². The maximum absolute atomic E-state index is 14.1. The molecule has 0 saturated carbocycles. The molecule has 1 aliphatic heterocycles. The average Bonchev–Trinajstić information content (AvgIpc) is 3.15. The van der Waals surface area contributed by atoms with E-state index in [1.165, 1.54) is 6.07 Å². The minimum absolute atomic E-state index is 0.166. The van der Waals surface area contributed by atoms with E-state index in [0.717, 1.165) is 5.56 Å². The molecule has 0 N–H and O–H groups in total. The van der Waals surface area contributed by atoms with Gasteiger partial charge in [-0.05, 0) is 29.8 Å². The SMILES string of the molecule is Fc1cc(Cl)ccc1C1(CCl)OC1c1ccc(Cl)cc1. The first-order chi connectivity index (χ1) is 9.56. The van der Waals surface area contributed by atoms with Gasteiger partial charge in [0.2, 0.25) is 0 Å². The molecule has 2 aromatic rings. The van der Waals surface area contributed by atoms with E-state index in [1.54, 1.807) is 24.3 Å². The van der Waals surface area contributed by atoms with Crippen molar-refractivity contribution >= 4 is 34.8 Å². The Balaban J connectivity index is 1.97. The molecule has 0 amide bonds. The molecule has 20 heavy (non-hydrogen) atoms. The van der Waals surface area contributed by atoms with Crippen LogP contribution in [0.15, 0.2) is 42.5 Å². The second-order valence-corrected chi connectivity index (χ2v) is 5.84. The van der Waals surface area contributed by atoms with Crippen LogP contribution >= 0.6 is 34.8 Å². The van der Waals surface area contributed by atoms with Crippen molar-refractivity contribution in [1.82, 2.24) is 0 Å². The standard InChI is InChI=1S/C15H10Cl3FO/c16-8-15(12-6-5-11(18)7-13(12)19)14(20-15)9-1-3-10(17)4-2-9/h1-7,14H,8H2. The normalized spacial score (nSPS) is 24.7. The van der Waals surface area contributed by atoms with Crippen molar-refractivity contribution in [2.45, 2.75) is 11.7 Å². The van der Waals surface area contributed by atoms with Gasteiger partial charge < -0.3 is 4.74 Å². The van der Waals surface area contributed by atoms with Crippen LogP contribution in [0.5, 0.6) is 0 Å². The van der Waals surface area contributed by atoms with E-state index < -0.39 is 11.4 Å². The smallest absolute Gasteiger partial charge is 0.141 e. The summed E-state index contributed by atoms with van der Waals surface area (Å²) in [6.07, 6.45) is -0.270. The Bertz CT molecular complexity index is 644. The molecule has 1 fully saturated rings. The van der Waals surface area contributed by atoms with Crippen molar-refractivity contribution in [3.05, 3.63) is 69.5 Å². The quantitative estimate of drug-likeness (QED) is 0.546. The van der Waals surface area contributed by atoms with Crippen LogP contribution in [0.1, 0.15) is 17.2 Å². The Labute approximate surface area is 131 Å². The molecule has 1 aliphatic rings. The minimum atomic E-state index is -0.829. The summed E-state index contributed by atoms with van der Waals surface area (Å²) in [5, 5.41) is 0.989. The first-order valence-corrected chi connectivity index (χ1v) is 7.30. The second kappa shape index (κ2) is 5.19. The molecule has 3 rings (SSSR count). The molecule has 0 spiro atoms. The van der Waals surface area contributed by atoms with Crippen LogP contribution in [-0.4, -0.2) is 5.88 Å². The van der Waals surface area contributed by atoms with Gasteiger partial charge in [0.1, 0.15) is 17.5 Å². The predicted octanol–water partition coefficient (Wildman–Crippen LogP) is 5.34. The maximum atomic E-state index is 14.1. The largest absolute Gasteiger partial charge is 0.354 e. The molecule has 0 aromatic heterocycles. The summed E-state index contributed by atoms with van der Waals surface area (Å²) >= 11 is 17.7. The van der Waals surface area contributed by atoms with Crippen molar-refractivity contribution in [3.8, 4) is 0 Å². The molecular formula is C15H10Cl3FO. The molecular weight excluding hydrogens is 322 g/mol. The fraction of sp³-hybridized carbons (Fsp3) is 0.200. The van der Waals surface area contributed by atoms with E-state index in [2.05, 4.69) is 0 Å². The number of halogens is 4. The molecule has 1 heterocycles. The van der Waals surface area contributed by atoms with Gasteiger partial charge >= 0.3 is 0 Å². The van der Waals surface area contributed by atoms with Crippen molar-refractivity contribution in [2.75, 3.05) is 5.88 Å². The number of benzene rings is 2. The molecule has 104 valence electrons. The Morgan fingerprint density at radius 1 is 1.05 bits per heavy atom. The average molecular weight is 332 g/mol. The summed E-state index contributed by atoms with van der Waals surface area (Å²) in [5.74, 6) is -0.242. The zero-order valence-electron chi connectivity index (χ0n) is 10.2. The maximum Gasteiger partial charge on any atom is 0.141 e. The van der Waals surface area contributed by atoms with Crippen LogP contribution in [0.2, 0.25) is 10.0 Å². The monoisotopic (exact) mass is 330 g/mol. The fourth-order valence-corrected chi connectivity index (χ4v) is 2.99. The third-order valence-electron chi connectivity index (χ3n) is 3.45. The van der Waals surface area contributed by atoms with Gasteiger partial charge in [-0.2, -0.15) is 0 Å². The predicted molar refractivity (Wildman–Crippen MR) is 79.1 cm³/mol. The fourth-order valence-electron chi connectivity index (χ4n) is 2.36. The van der Waals surface area contributed by atoms with E-state index in [0.29, 0.717) is 15.6 Å². The zero-order valence-corrected chi connectivity index (χ0v) is 12.5. The van der Waals surface area contributed by atoms with Gasteiger partial charge in [-0.3, -0.25) is 0 Å². The van der Waals surface area contributed by atoms with Crippen LogP contribution in [0.3, 0.4) is 0 Å². The lowest BCUT2D eigenvalue weighted by molar-refractivity contribution is 0.310. The van der Waals surface area contributed by atoms with Gasteiger partial charge in [0, 0.05) is 15.6 Å². The molecule has 2 unspecified atom stereocenters. The van der Waals surface area contributed by atoms with Gasteiger partial charge in [0.15, 0.2) is 0 Å². The van der Waals surface area contributed by atoms with E-state index >= 15 is 0 Å². The van der Waals surface area contributed by atoms with Crippen molar-refractivity contribution in [3.63, 3.8) is 0 Å². The summed E-state index contributed by atoms with van der Waals surface area (Å²) in [5.41, 5.74) is 0.519. The third-order valence-corrected chi connectivity index (χ3v) is 4.34. The molecule has 1 nitrogen and oxygen atoms in total. The van der Waals surface area contributed by atoms with Gasteiger partial charge in [-0.15, -0.1) is 11.6 Å². The highest BCUT2D eigenvalue weighted by molar-refractivity contribution is 6.30. The lowest BCUT2D eigenvalue weighted by atomic mass is 9.93. The van der Waals surface area contributed by atoms with Crippen LogP contribution in [0, 0.1) is 5.82 Å². The van der Waals surface area contributed by atoms with Crippen LogP contribution in [0.25, 0.3) is 0 Å². The number of hydrogen-bond donors (Lipinski definition) is 0. The van der Waals surface area contributed by atoms with E-state index in [-0.39, 0.29) is 12.0 Å². The van der Waals surface area contributed by atoms with Crippen molar-refractivity contribution in [2.24, 2.45) is 0 Å². The molecule has 0 aliphatic carbocycles. The van der Waals surface area contributed by atoms with Gasteiger partial charge in [0.05, 0.1) is 5.88 Å². The topological polar surface area (TPSA) is 12.5 Å². The van der Waals surface area contributed by atoms with Gasteiger partial charge in [0.25, 0.3) is 0 Å². The van der Waals surface area contributed by atoms with Crippen molar-refractivity contribution < 1.29 is 9.13 Å². The molecule has 2 aromatic carbocycles. The molecule has 1 saturated heterocycles. The summed E-state index contributed by atoms with van der Waals surface area (Å²) in [7, 11) is 0. The highest BCUT2D eigenvalue weighted by Crippen LogP contribution is 2.58. The highest BCUT2D eigenvalue weighted by atomic mass is 35.5. The van der Waals surface area contributed by atoms with E-state index in [1.807, 2.05) is 12.1 Å². The Morgan fingerprint density at radius 2 is 1.70 bits per heavy atom. The van der Waals surface area contributed by atoms with Crippen LogP contribution < -0.4 is 0 Å². The van der Waals surface area contributed by atoms with E-state index in [9.17, 15) is 4.39 Å². The summed E-state index contributed by atoms with van der Waals surface area (Å²) in [4.78, 5) is 0. The van der Waals surface area contributed by atoms with Gasteiger partial charge in [-0.1, -0.05) is 41.4 Å². The lowest BCUT2D eigenvalue weighted by Gasteiger charge is -2.11. The highest BCUT2D eigenvalue weighted by Gasteiger charge is 2.59. The summed E-state index contributed by atoms with van der Waals surface area (Å²) in [6.45, 7) is 0. The number of rotatable bonds is 3. The minimum Gasteiger partial charge on any atom is -0.354 e. The number of epoxide rings is 1. The molecule has 5 heteroatoms. The Kier molecular flexibility index (Phi) is 3.67. The molecule has 0 bridgehead atoms. The van der Waals surface area contributed by atoms with Gasteiger partial charge in [-0.25, -0.2) is 4.39 Å². The number of hydrogen-bond acceptors (Lipinski definition) is 1. The lowest BCUT2D eigenvalue weighted by Crippen LogP contribution is -2.14. The van der Waals surface area contributed by atoms with Crippen molar-refractivity contribution in [1.29, 1.82) is 0 Å². The first kappa shape index (κ1) is 14.2. The zero-order chi connectivity index (χ0) is 14.3. The summed E-state index contributed by atoms with van der Waals surface area (Å²) < 4.78 is 19.8. The summed E-state index contributed by atoms with van der Waals surface area (Å²) in [6, 6.07) is 11.8. The van der Waals surface area contributed by atoms with E-state index in [4.69, 9.17) is 39.5 Å².